The Bertz CT molecular complexity index is 485. The molecule has 0 aliphatic heterocycles. The first-order valence-electron chi connectivity index (χ1n) is 18.7. The molecule has 0 aromatic carbocycles. The second-order valence-electron chi connectivity index (χ2n) is 12.7. The monoisotopic (exact) mass is 686 g/mol. The molecule has 0 saturated carbocycles. The van der Waals surface area contributed by atoms with E-state index in [9.17, 15) is 0 Å². The van der Waals surface area contributed by atoms with Crippen LogP contribution in [0.25, 0.3) is 0 Å². The quantitative estimate of drug-likeness (QED) is 0.0584. The summed E-state index contributed by atoms with van der Waals surface area (Å²) in [6.07, 6.45) is 46.0. The van der Waals surface area contributed by atoms with E-state index in [2.05, 4.69) is 13.8 Å². The zero-order valence-electron chi connectivity index (χ0n) is 31.5. The molecule has 0 radical (unpaired) electrons. The SMILES string of the molecule is CCCCCCCCCCCCCCCCCCOCCCCCCCCCCCCCCCCCC.O=P([O-])([O-])[O-].[Na+].[Na+].[Na+]. The Hall–Kier alpha value is 3.07. The molecule has 0 atom stereocenters. The average Bonchev–Trinajstić information content (AvgIpc) is 2.94. The average molecular weight is 687 g/mol. The molecule has 0 N–H and O–H groups in total. The molecule has 0 unspecified atom stereocenters. The van der Waals surface area contributed by atoms with E-state index < -0.39 is 7.82 Å². The van der Waals surface area contributed by atoms with Crippen molar-refractivity contribution in [1.29, 1.82) is 0 Å². The fourth-order valence-corrected chi connectivity index (χ4v) is 5.61. The Kier molecular flexibility index (Phi) is 65.6. The first kappa shape index (κ1) is 57.4. The van der Waals surface area contributed by atoms with Crippen LogP contribution in [0.2, 0.25) is 0 Å². The van der Waals surface area contributed by atoms with Crippen molar-refractivity contribution < 1.29 is 113 Å². The second-order valence-corrected chi connectivity index (χ2v) is 13.6. The third-order valence-electron chi connectivity index (χ3n) is 8.28. The van der Waals surface area contributed by atoms with Crippen molar-refractivity contribution >= 4 is 7.82 Å². The molecule has 45 heavy (non-hydrogen) atoms. The summed E-state index contributed by atoms with van der Waals surface area (Å²) in [5.41, 5.74) is 0. The van der Waals surface area contributed by atoms with E-state index >= 15 is 0 Å². The summed E-state index contributed by atoms with van der Waals surface area (Å²) in [5, 5.41) is 0. The van der Waals surface area contributed by atoms with Gasteiger partial charge in [0.1, 0.15) is 0 Å². The van der Waals surface area contributed by atoms with Crippen LogP contribution >= 0.6 is 7.82 Å². The van der Waals surface area contributed by atoms with Crippen LogP contribution < -0.4 is 103 Å². The fourth-order valence-electron chi connectivity index (χ4n) is 5.61. The number of hydrogen-bond donors (Lipinski definition) is 0. The molecule has 0 amide bonds. The predicted octanol–water partition coefficient (Wildman–Crippen LogP) is 1.71. The Morgan fingerprint density at radius 1 is 0.333 bits per heavy atom. The van der Waals surface area contributed by atoms with Gasteiger partial charge in [-0.2, -0.15) is 7.82 Å². The minimum Gasteiger partial charge on any atom is -0.822 e. The van der Waals surface area contributed by atoms with Gasteiger partial charge in [0.2, 0.25) is 0 Å². The van der Waals surface area contributed by atoms with E-state index in [0.29, 0.717) is 0 Å². The molecule has 0 fully saturated rings. The first-order chi connectivity index (χ1) is 20.4. The Balaban J connectivity index is -0.000000613. The van der Waals surface area contributed by atoms with Crippen molar-refractivity contribution in [3.8, 4) is 0 Å². The maximum Gasteiger partial charge on any atom is 1.00 e. The van der Waals surface area contributed by atoms with Gasteiger partial charge in [0.25, 0.3) is 0 Å². The molecule has 0 bridgehead atoms. The van der Waals surface area contributed by atoms with E-state index in [4.69, 9.17) is 24.0 Å². The molecule has 256 valence electrons. The maximum atomic E-state index is 8.55. The van der Waals surface area contributed by atoms with Crippen molar-refractivity contribution in [2.75, 3.05) is 13.2 Å². The van der Waals surface area contributed by atoms with Gasteiger partial charge in [-0.15, -0.1) is 0 Å². The third kappa shape index (κ3) is 69.6. The summed E-state index contributed by atoms with van der Waals surface area (Å²) >= 11 is 0. The molecule has 0 saturated heterocycles. The third-order valence-corrected chi connectivity index (χ3v) is 8.28. The van der Waals surface area contributed by atoms with Crippen LogP contribution in [-0.4, -0.2) is 13.2 Å². The van der Waals surface area contributed by atoms with Gasteiger partial charge in [0.15, 0.2) is 0 Å². The largest absolute Gasteiger partial charge is 1.00 e. The molecular weight excluding hydrogens is 612 g/mol. The van der Waals surface area contributed by atoms with Crippen LogP contribution in [0.15, 0.2) is 0 Å². The normalized spacial score (nSPS) is 10.8. The molecule has 0 aromatic heterocycles. The minimum atomic E-state index is -5.39. The molecule has 0 rings (SSSR count). The van der Waals surface area contributed by atoms with Crippen LogP contribution in [0, 0.1) is 0 Å². The van der Waals surface area contributed by atoms with E-state index in [1.807, 2.05) is 0 Å². The summed E-state index contributed by atoms with van der Waals surface area (Å²) in [6.45, 7) is 6.60. The van der Waals surface area contributed by atoms with E-state index in [1.54, 1.807) is 0 Å². The summed E-state index contributed by atoms with van der Waals surface area (Å²) in [5.74, 6) is 0. The van der Waals surface area contributed by atoms with Gasteiger partial charge in [-0.1, -0.05) is 206 Å². The molecule has 0 heterocycles. The zero-order valence-corrected chi connectivity index (χ0v) is 38.4. The number of unbranched alkanes of at least 4 members (excludes halogenated alkanes) is 30. The van der Waals surface area contributed by atoms with Crippen molar-refractivity contribution in [1.82, 2.24) is 0 Å². The van der Waals surface area contributed by atoms with Gasteiger partial charge >= 0.3 is 88.7 Å². The van der Waals surface area contributed by atoms with Gasteiger partial charge in [0, 0.05) is 13.2 Å². The van der Waals surface area contributed by atoms with Crippen LogP contribution in [0.3, 0.4) is 0 Å². The summed E-state index contributed by atoms with van der Waals surface area (Å²) < 4.78 is 14.4. The summed E-state index contributed by atoms with van der Waals surface area (Å²) in [4.78, 5) is 25.6. The summed E-state index contributed by atoms with van der Waals surface area (Å²) in [6, 6.07) is 0. The molecule has 0 aliphatic rings. The van der Waals surface area contributed by atoms with Crippen molar-refractivity contribution in [3.05, 3.63) is 0 Å². The van der Waals surface area contributed by atoms with E-state index in [0.717, 1.165) is 13.2 Å². The fraction of sp³-hybridized carbons (Fsp3) is 1.00. The van der Waals surface area contributed by atoms with Gasteiger partial charge in [0.05, 0.1) is 0 Å². The van der Waals surface area contributed by atoms with Gasteiger partial charge in [-0.3, -0.25) is 0 Å². The topological polar surface area (TPSA) is 95.5 Å². The zero-order chi connectivity index (χ0) is 31.2. The minimum absolute atomic E-state index is 0. The van der Waals surface area contributed by atoms with E-state index in [1.165, 1.54) is 205 Å². The smallest absolute Gasteiger partial charge is 0.822 e. The molecule has 9 heteroatoms. The van der Waals surface area contributed by atoms with Gasteiger partial charge in [-0.05, 0) is 12.8 Å². The number of ether oxygens (including phenoxy) is 1. The predicted molar refractivity (Wildman–Crippen MR) is 178 cm³/mol. The van der Waals surface area contributed by atoms with Crippen molar-refractivity contribution in [3.63, 3.8) is 0 Å². The number of hydrogen-bond acceptors (Lipinski definition) is 5. The summed E-state index contributed by atoms with van der Waals surface area (Å²) in [7, 11) is -5.39. The molecule has 0 aromatic rings. The van der Waals surface area contributed by atoms with Crippen LogP contribution in [0.1, 0.15) is 219 Å². The van der Waals surface area contributed by atoms with E-state index in [-0.39, 0.29) is 88.7 Å². The first-order valence-corrected chi connectivity index (χ1v) is 20.2. The number of rotatable bonds is 34. The second kappa shape index (κ2) is 51.4. The molecule has 0 aliphatic carbocycles. The number of phosphoric acid groups is 1. The Morgan fingerprint density at radius 3 is 0.622 bits per heavy atom. The Labute approximate surface area is 349 Å². The van der Waals surface area contributed by atoms with Crippen LogP contribution in [0.4, 0.5) is 0 Å². The van der Waals surface area contributed by atoms with Gasteiger partial charge < -0.3 is 24.0 Å². The molecule has 0 spiro atoms. The molecular formula is C36H74Na3O5P. The van der Waals surface area contributed by atoms with Gasteiger partial charge in [-0.25, -0.2) is 0 Å². The van der Waals surface area contributed by atoms with Crippen LogP contribution in [-0.2, 0) is 9.30 Å². The maximum absolute atomic E-state index is 8.55. The molecule has 5 nitrogen and oxygen atoms in total. The van der Waals surface area contributed by atoms with Crippen molar-refractivity contribution in [2.24, 2.45) is 0 Å². The van der Waals surface area contributed by atoms with Crippen molar-refractivity contribution in [2.45, 2.75) is 219 Å². The Morgan fingerprint density at radius 2 is 0.467 bits per heavy atom. The standard InChI is InChI=1S/C36H74O.3Na.H3O4P/c1-3-5-7-9-11-13-15-17-19-21-23-25-27-29-31-33-35-37-36-34-32-30-28-26-24-22-20-18-16-14-12-10-8-6-4-2;;;;1-5(2,3)4/h3-36H2,1-2H3;;;;(H3,1,2,3,4)/q;3*+1;/p-3. The van der Waals surface area contributed by atoms with Crippen LogP contribution in [0.5, 0.6) is 0 Å².